The number of rotatable bonds is 9. The first-order chi connectivity index (χ1) is 15.5. The lowest BCUT2D eigenvalue weighted by Crippen LogP contribution is -2.23. The van der Waals surface area contributed by atoms with Gasteiger partial charge in [-0.25, -0.2) is 4.98 Å². The standard InChI is InChI=1S/C23H23N5O4/c1-2-25-23(30)16-7-6-8-18(13-16)27-20(29)15-31-28-22(24)17-11-12-21(26-14-17)32-19-9-4-3-5-10-19/h3-14H,2,15H2,1H3,(H2,24,28)(H,25,30)(H,27,29). The summed E-state index contributed by atoms with van der Waals surface area (Å²) < 4.78 is 5.62. The van der Waals surface area contributed by atoms with E-state index in [0.717, 1.165) is 0 Å². The van der Waals surface area contributed by atoms with Crippen molar-refractivity contribution in [3.8, 4) is 11.6 Å². The van der Waals surface area contributed by atoms with Crippen LogP contribution >= 0.6 is 0 Å². The molecule has 0 aliphatic carbocycles. The zero-order valence-electron chi connectivity index (χ0n) is 17.4. The van der Waals surface area contributed by atoms with Crippen molar-refractivity contribution in [3.63, 3.8) is 0 Å². The summed E-state index contributed by atoms with van der Waals surface area (Å²) in [5, 5.41) is 9.09. The molecule has 4 N–H and O–H groups in total. The number of carbonyl (C=O) groups is 2. The van der Waals surface area contributed by atoms with Crippen molar-refractivity contribution in [2.75, 3.05) is 18.5 Å². The van der Waals surface area contributed by atoms with E-state index < -0.39 is 5.91 Å². The van der Waals surface area contributed by atoms with Gasteiger partial charge in [-0.3, -0.25) is 9.59 Å². The molecule has 3 aromatic rings. The van der Waals surface area contributed by atoms with Crippen molar-refractivity contribution in [3.05, 3.63) is 84.1 Å². The monoisotopic (exact) mass is 433 g/mol. The average Bonchev–Trinajstić information content (AvgIpc) is 2.80. The number of amidine groups is 1. The fraction of sp³-hybridized carbons (Fsp3) is 0.130. The molecule has 1 heterocycles. The maximum Gasteiger partial charge on any atom is 0.265 e. The number of anilines is 1. The van der Waals surface area contributed by atoms with Crippen molar-refractivity contribution in [2.24, 2.45) is 10.9 Å². The smallest absolute Gasteiger partial charge is 0.265 e. The molecular weight excluding hydrogens is 410 g/mol. The van der Waals surface area contributed by atoms with E-state index >= 15 is 0 Å². The Morgan fingerprint density at radius 1 is 1.03 bits per heavy atom. The van der Waals surface area contributed by atoms with E-state index in [4.69, 9.17) is 15.3 Å². The van der Waals surface area contributed by atoms with E-state index in [9.17, 15) is 9.59 Å². The summed E-state index contributed by atoms with van der Waals surface area (Å²) in [5.41, 5.74) is 7.31. The highest BCUT2D eigenvalue weighted by Gasteiger charge is 2.08. The van der Waals surface area contributed by atoms with Gasteiger partial charge in [0.2, 0.25) is 5.88 Å². The van der Waals surface area contributed by atoms with Gasteiger partial charge >= 0.3 is 0 Å². The van der Waals surface area contributed by atoms with Gasteiger partial charge in [-0.15, -0.1) is 0 Å². The van der Waals surface area contributed by atoms with Crippen LogP contribution < -0.4 is 21.1 Å². The van der Waals surface area contributed by atoms with Crippen LogP contribution in [0.15, 0.2) is 78.1 Å². The molecule has 164 valence electrons. The predicted octanol–water partition coefficient (Wildman–Crippen LogP) is 2.90. The van der Waals surface area contributed by atoms with Gasteiger partial charge in [0.1, 0.15) is 5.75 Å². The molecule has 0 atom stereocenters. The molecule has 0 spiro atoms. The molecule has 0 unspecified atom stereocenters. The van der Waals surface area contributed by atoms with Gasteiger partial charge in [0.15, 0.2) is 12.4 Å². The van der Waals surface area contributed by atoms with Crippen LogP contribution in [0.1, 0.15) is 22.8 Å². The Morgan fingerprint density at radius 3 is 2.56 bits per heavy atom. The molecule has 0 bridgehead atoms. The first-order valence-electron chi connectivity index (χ1n) is 9.88. The number of hydrogen-bond donors (Lipinski definition) is 3. The molecule has 1 aromatic heterocycles. The number of oxime groups is 1. The lowest BCUT2D eigenvalue weighted by Gasteiger charge is -2.07. The Bertz CT molecular complexity index is 1090. The van der Waals surface area contributed by atoms with E-state index in [1.54, 1.807) is 36.4 Å². The fourth-order valence-corrected chi connectivity index (χ4v) is 2.61. The molecule has 32 heavy (non-hydrogen) atoms. The number of nitrogens with two attached hydrogens (primary N) is 1. The van der Waals surface area contributed by atoms with Crippen LogP contribution in [0, 0.1) is 0 Å². The number of aromatic nitrogens is 1. The molecule has 3 rings (SSSR count). The number of nitrogens with zero attached hydrogens (tertiary/aromatic N) is 2. The van der Waals surface area contributed by atoms with Crippen molar-refractivity contribution in [1.82, 2.24) is 10.3 Å². The highest BCUT2D eigenvalue weighted by molar-refractivity contribution is 5.98. The summed E-state index contributed by atoms with van der Waals surface area (Å²) in [6, 6.07) is 19.2. The normalized spacial score (nSPS) is 10.8. The van der Waals surface area contributed by atoms with Gasteiger partial charge in [0, 0.05) is 35.6 Å². The second kappa shape index (κ2) is 11.1. The maximum absolute atomic E-state index is 12.1. The van der Waals surface area contributed by atoms with Crippen molar-refractivity contribution < 1.29 is 19.2 Å². The average molecular weight is 433 g/mol. The van der Waals surface area contributed by atoms with Gasteiger partial charge in [-0.1, -0.05) is 29.4 Å². The highest BCUT2D eigenvalue weighted by atomic mass is 16.6. The summed E-state index contributed by atoms with van der Waals surface area (Å²) >= 11 is 0. The van der Waals surface area contributed by atoms with Gasteiger partial charge < -0.3 is 25.9 Å². The molecule has 0 radical (unpaired) electrons. The minimum absolute atomic E-state index is 0.0646. The quantitative estimate of drug-likeness (QED) is 0.270. The van der Waals surface area contributed by atoms with Crippen LogP contribution in [0.4, 0.5) is 5.69 Å². The second-order valence-corrected chi connectivity index (χ2v) is 6.54. The SMILES string of the molecule is CCNC(=O)c1cccc(NC(=O)CO/N=C(/N)c2ccc(Oc3ccccc3)nc2)c1. The van der Waals surface area contributed by atoms with Crippen LogP contribution in [-0.4, -0.2) is 35.8 Å². The summed E-state index contributed by atoms with van der Waals surface area (Å²) in [4.78, 5) is 33.2. The van der Waals surface area contributed by atoms with E-state index in [-0.39, 0.29) is 18.3 Å². The van der Waals surface area contributed by atoms with Gasteiger partial charge in [-0.2, -0.15) is 0 Å². The molecule has 0 saturated heterocycles. The lowest BCUT2D eigenvalue weighted by molar-refractivity contribution is -0.120. The zero-order valence-corrected chi connectivity index (χ0v) is 17.4. The Balaban J connectivity index is 1.50. The minimum atomic E-state index is -0.445. The van der Waals surface area contributed by atoms with Gasteiger partial charge in [0.05, 0.1) is 0 Å². The third-order valence-corrected chi connectivity index (χ3v) is 4.10. The van der Waals surface area contributed by atoms with Crippen LogP contribution in [0.25, 0.3) is 0 Å². The largest absolute Gasteiger partial charge is 0.439 e. The Morgan fingerprint density at radius 2 is 1.84 bits per heavy atom. The fourth-order valence-electron chi connectivity index (χ4n) is 2.61. The van der Waals surface area contributed by atoms with E-state index in [0.29, 0.717) is 35.0 Å². The van der Waals surface area contributed by atoms with Crippen LogP contribution in [-0.2, 0) is 9.63 Å². The minimum Gasteiger partial charge on any atom is -0.439 e. The Labute approximate surface area is 185 Å². The molecule has 0 aliphatic rings. The maximum atomic E-state index is 12.1. The number of para-hydroxylation sites is 1. The third-order valence-electron chi connectivity index (χ3n) is 4.10. The first kappa shape index (κ1) is 22.3. The van der Waals surface area contributed by atoms with Gasteiger partial charge in [-0.05, 0) is 43.3 Å². The number of hydrogen-bond acceptors (Lipinski definition) is 6. The van der Waals surface area contributed by atoms with Crippen molar-refractivity contribution in [2.45, 2.75) is 6.92 Å². The van der Waals surface area contributed by atoms with E-state index in [1.807, 2.05) is 37.3 Å². The van der Waals surface area contributed by atoms with Gasteiger partial charge in [0.25, 0.3) is 11.8 Å². The number of ether oxygens (including phenoxy) is 1. The first-order valence-corrected chi connectivity index (χ1v) is 9.88. The van der Waals surface area contributed by atoms with Crippen molar-refractivity contribution in [1.29, 1.82) is 0 Å². The van der Waals surface area contributed by atoms with Crippen molar-refractivity contribution >= 4 is 23.3 Å². The molecule has 2 aromatic carbocycles. The zero-order chi connectivity index (χ0) is 22.8. The predicted molar refractivity (Wildman–Crippen MR) is 121 cm³/mol. The van der Waals surface area contributed by atoms with Crippen LogP contribution in [0.5, 0.6) is 11.6 Å². The summed E-state index contributed by atoms with van der Waals surface area (Å²) in [7, 11) is 0. The summed E-state index contributed by atoms with van der Waals surface area (Å²) in [5.74, 6) is 0.475. The van der Waals surface area contributed by atoms with E-state index in [2.05, 4.69) is 20.8 Å². The molecule has 9 nitrogen and oxygen atoms in total. The molecule has 2 amide bonds. The number of benzene rings is 2. The highest BCUT2D eigenvalue weighted by Crippen LogP contribution is 2.18. The molecular formula is C23H23N5O4. The number of carbonyl (C=O) groups excluding carboxylic acids is 2. The summed E-state index contributed by atoms with van der Waals surface area (Å²) in [6.07, 6.45) is 1.49. The topological polar surface area (TPSA) is 128 Å². The summed E-state index contributed by atoms with van der Waals surface area (Å²) in [6.45, 7) is 1.99. The number of pyridine rings is 1. The molecule has 0 aliphatic heterocycles. The molecule has 0 saturated carbocycles. The Hall–Kier alpha value is -4.40. The number of amides is 2. The van der Waals surface area contributed by atoms with E-state index in [1.165, 1.54) is 6.20 Å². The van der Waals surface area contributed by atoms with Crippen LogP contribution in [0.3, 0.4) is 0 Å². The Kier molecular flexibility index (Phi) is 7.74. The molecule has 9 heteroatoms. The second-order valence-electron chi connectivity index (χ2n) is 6.54. The lowest BCUT2D eigenvalue weighted by atomic mass is 10.2. The third kappa shape index (κ3) is 6.56. The van der Waals surface area contributed by atoms with Crippen LogP contribution in [0.2, 0.25) is 0 Å². The molecule has 0 fully saturated rings. The number of nitrogens with one attached hydrogen (secondary N) is 2.